The van der Waals surface area contributed by atoms with E-state index in [9.17, 15) is 19.7 Å². The van der Waals surface area contributed by atoms with Crippen molar-refractivity contribution in [2.75, 3.05) is 13.7 Å². The zero-order valence-electron chi connectivity index (χ0n) is 21.8. The molecule has 0 saturated heterocycles. The summed E-state index contributed by atoms with van der Waals surface area (Å²) in [6.07, 6.45) is 0.452. The van der Waals surface area contributed by atoms with Crippen molar-refractivity contribution in [3.8, 4) is 11.4 Å². The molecule has 0 aliphatic heterocycles. The summed E-state index contributed by atoms with van der Waals surface area (Å²) in [6, 6.07) is 19.4. The van der Waals surface area contributed by atoms with Crippen LogP contribution in [0.3, 0.4) is 0 Å². The number of hydrogen-bond donors (Lipinski definition) is 0. The van der Waals surface area contributed by atoms with Gasteiger partial charge in [-0.25, -0.2) is 4.98 Å². The minimum atomic E-state index is -0.605. The number of methoxy groups -OCH3 is 1. The third kappa shape index (κ3) is 5.13. The lowest BCUT2D eigenvalue weighted by molar-refractivity contribution is -0.384. The van der Waals surface area contributed by atoms with E-state index >= 15 is 0 Å². The Hall–Kier alpha value is -4.53. The van der Waals surface area contributed by atoms with Crippen LogP contribution in [0.15, 0.2) is 77.6 Å². The van der Waals surface area contributed by atoms with Crippen molar-refractivity contribution in [1.29, 1.82) is 0 Å². The van der Waals surface area contributed by atoms with E-state index in [0.717, 1.165) is 0 Å². The number of aromatic nitrogens is 2. The number of hydrogen-bond acceptors (Lipinski definition) is 6. The van der Waals surface area contributed by atoms with Gasteiger partial charge in [-0.05, 0) is 42.7 Å². The van der Waals surface area contributed by atoms with Crippen molar-refractivity contribution >= 4 is 22.5 Å². The number of ether oxygens (including phenoxy) is 1. The van der Waals surface area contributed by atoms with Gasteiger partial charge in [0.15, 0.2) is 0 Å². The molecule has 38 heavy (non-hydrogen) atoms. The van der Waals surface area contributed by atoms with Crippen LogP contribution in [0, 0.1) is 16.0 Å². The number of carbonyl (C=O) groups excluding carboxylic acids is 1. The molecule has 9 nitrogen and oxygen atoms in total. The average Bonchev–Trinajstić information content (AvgIpc) is 2.92. The molecule has 0 radical (unpaired) electrons. The van der Waals surface area contributed by atoms with Crippen LogP contribution in [-0.2, 0) is 0 Å². The topological polar surface area (TPSA) is 108 Å². The zero-order chi connectivity index (χ0) is 27.4. The Labute approximate surface area is 220 Å². The molecule has 9 heteroatoms. The SMILES string of the molecule is CCC(c1nc2ccccc2c(=O)n1-c1ccccc1OC)N(CC(C)C)C(=O)c1cccc([N+](=O)[O-])c1. The molecule has 0 aliphatic carbocycles. The Kier molecular flexibility index (Phi) is 7.85. The first kappa shape index (κ1) is 26.5. The summed E-state index contributed by atoms with van der Waals surface area (Å²) in [6.45, 7) is 6.25. The van der Waals surface area contributed by atoms with Gasteiger partial charge in [-0.3, -0.25) is 24.3 Å². The van der Waals surface area contributed by atoms with E-state index in [1.165, 1.54) is 29.9 Å². The van der Waals surface area contributed by atoms with Gasteiger partial charge in [-0.2, -0.15) is 0 Å². The van der Waals surface area contributed by atoms with Crippen LogP contribution in [-0.4, -0.2) is 38.9 Å². The number of rotatable bonds is 9. The molecule has 1 amide bonds. The monoisotopic (exact) mass is 514 g/mol. The Morgan fingerprint density at radius 3 is 2.47 bits per heavy atom. The fourth-order valence-electron chi connectivity index (χ4n) is 4.63. The van der Waals surface area contributed by atoms with Gasteiger partial charge in [0.1, 0.15) is 11.6 Å². The van der Waals surface area contributed by atoms with Gasteiger partial charge in [0.2, 0.25) is 0 Å². The van der Waals surface area contributed by atoms with E-state index in [2.05, 4.69) is 0 Å². The molecule has 1 heterocycles. The first-order valence-electron chi connectivity index (χ1n) is 12.5. The fourth-order valence-corrected chi connectivity index (χ4v) is 4.63. The number of nitro groups is 1. The van der Waals surface area contributed by atoms with Gasteiger partial charge in [0, 0.05) is 24.2 Å². The fraction of sp³-hybridized carbons (Fsp3) is 0.276. The molecule has 196 valence electrons. The molecule has 0 N–H and O–H groups in total. The Morgan fingerprint density at radius 2 is 1.79 bits per heavy atom. The minimum absolute atomic E-state index is 0.0820. The second-order valence-electron chi connectivity index (χ2n) is 9.38. The Bertz CT molecular complexity index is 1550. The molecule has 0 saturated carbocycles. The molecular weight excluding hydrogens is 484 g/mol. The van der Waals surface area contributed by atoms with Crippen molar-refractivity contribution in [3.63, 3.8) is 0 Å². The van der Waals surface area contributed by atoms with Crippen LogP contribution in [0.1, 0.15) is 49.4 Å². The minimum Gasteiger partial charge on any atom is -0.495 e. The standard InChI is InChI=1S/C29H30N4O5/c1-5-24(31(18-19(2)3)28(34)20-11-10-12-21(17-20)33(36)37)27-30-23-14-7-6-13-22(23)29(35)32(27)25-15-8-9-16-26(25)38-4/h6-17,19,24H,5,18H2,1-4H3. The third-order valence-corrected chi connectivity index (χ3v) is 6.32. The molecule has 1 atom stereocenters. The highest BCUT2D eigenvalue weighted by molar-refractivity contribution is 5.95. The van der Waals surface area contributed by atoms with E-state index in [0.29, 0.717) is 41.1 Å². The summed E-state index contributed by atoms with van der Waals surface area (Å²) in [5.74, 6) is 0.588. The summed E-state index contributed by atoms with van der Waals surface area (Å²) in [4.78, 5) is 45.3. The maximum Gasteiger partial charge on any atom is 0.270 e. The van der Waals surface area contributed by atoms with Crippen LogP contribution in [0.2, 0.25) is 0 Å². The number of nitrogens with zero attached hydrogens (tertiary/aromatic N) is 4. The largest absolute Gasteiger partial charge is 0.495 e. The third-order valence-electron chi connectivity index (χ3n) is 6.32. The molecule has 0 spiro atoms. The lowest BCUT2D eigenvalue weighted by Crippen LogP contribution is -2.40. The van der Waals surface area contributed by atoms with Gasteiger partial charge in [-0.15, -0.1) is 0 Å². The van der Waals surface area contributed by atoms with Gasteiger partial charge in [-0.1, -0.05) is 51.1 Å². The Balaban J connectivity index is 1.98. The van der Waals surface area contributed by atoms with E-state index in [1.807, 2.05) is 39.0 Å². The lowest BCUT2D eigenvalue weighted by Gasteiger charge is -2.33. The van der Waals surface area contributed by atoms with E-state index < -0.39 is 11.0 Å². The predicted molar refractivity (Wildman–Crippen MR) is 146 cm³/mol. The summed E-state index contributed by atoms with van der Waals surface area (Å²) in [5, 5.41) is 11.8. The van der Waals surface area contributed by atoms with Crippen molar-refractivity contribution in [3.05, 3.63) is 105 Å². The second-order valence-corrected chi connectivity index (χ2v) is 9.38. The first-order chi connectivity index (χ1) is 18.3. The lowest BCUT2D eigenvalue weighted by atomic mass is 10.0. The highest BCUT2D eigenvalue weighted by atomic mass is 16.6. The normalized spacial score (nSPS) is 11.9. The second kappa shape index (κ2) is 11.2. The highest BCUT2D eigenvalue weighted by Gasteiger charge is 2.31. The summed E-state index contributed by atoms with van der Waals surface area (Å²) >= 11 is 0. The van der Waals surface area contributed by atoms with Crippen LogP contribution in [0.5, 0.6) is 5.75 Å². The van der Waals surface area contributed by atoms with Gasteiger partial charge in [0.05, 0.1) is 34.7 Å². The number of fused-ring (bicyclic) bond motifs is 1. The maximum absolute atomic E-state index is 13.9. The van der Waals surface area contributed by atoms with Crippen LogP contribution in [0.4, 0.5) is 5.69 Å². The molecule has 0 aliphatic rings. The summed E-state index contributed by atoms with van der Waals surface area (Å²) in [7, 11) is 1.53. The van der Waals surface area contributed by atoms with Crippen LogP contribution < -0.4 is 10.3 Å². The van der Waals surface area contributed by atoms with E-state index in [1.54, 1.807) is 41.3 Å². The smallest absolute Gasteiger partial charge is 0.270 e. The number of amides is 1. The number of para-hydroxylation sites is 3. The van der Waals surface area contributed by atoms with Gasteiger partial charge < -0.3 is 9.64 Å². The highest BCUT2D eigenvalue weighted by Crippen LogP contribution is 2.31. The van der Waals surface area contributed by atoms with Gasteiger partial charge in [0.25, 0.3) is 17.2 Å². The number of benzene rings is 3. The first-order valence-corrected chi connectivity index (χ1v) is 12.5. The molecule has 4 aromatic rings. The molecule has 0 fully saturated rings. The molecule has 4 rings (SSSR count). The van der Waals surface area contributed by atoms with Crippen molar-refractivity contribution in [1.82, 2.24) is 14.5 Å². The molecule has 0 bridgehead atoms. The molecule has 1 aromatic heterocycles. The predicted octanol–water partition coefficient (Wildman–Crippen LogP) is 5.55. The maximum atomic E-state index is 13.9. The summed E-state index contributed by atoms with van der Waals surface area (Å²) in [5.41, 5.74) is 0.790. The Morgan fingerprint density at radius 1 is 1.08 bits per heavy atom. The molecule has 3 aromatic carbocycles. The number of non-ortho nitro benzene ring substituents is 1. The number of carbonyl (C=O) groups is 1. The van der Waals surface area contributed by atoms with Crippen molar-refractivity contribution in [2.45, 2.75) is 33.2 Å². The quantitative estimate of drug-likeness (QED) is 0.214. The van der Waals surface area contributed by atoms with E-state index in [4.69, 9.17) is 9.72 Å². The average molecular weight is 515 g/mol. The van der Waals surface area contributed by atoms with Gasteiger partial charge >= 0.3 is 0 Å². The van der Waals surface area contributed by atoms with Crippen molar-refractivity contribution < 1.29 is 14.5 Å². The zero-order valence-corrected chi connectivity index (χ0v) is 21.8. The van der Waals surface area contributed by atoms with Crippen LogP contribution in [0.25, 0.3) is 16.6 Å². The molecular formula is C29H30N4O5. The summed E-state index contributed by atoms with van der Waals surface area (Å²) < 4.78 is 7.10. The molecule has 1 unspecified atom stereocenters. The van der Waals surface area contributed by atoms with E-state index in [-0.39, 0.29) is 28.6 Å². The van der Waals surface area contributed by atoms with Crippen LogP contribution >= 0.6 is 0 Å². The van der Waals surface area contributed by atoms with Crippen molar-refractivity contribution in [2.24, 2.45) is 5.92 Å². The number of nitro benzene ring substituents is 1.